The fraction of sp³-hybridized carbons (Fsp3) is 0.500. The van der Waals surface area contributed by atoms with E-state index in [0.29, 0.717) is 34.1 Å². The molecule has 0 saturated heterocycles. The first-order valence-corrected chi connectivity index (χ1v) is 10.6. The number of aromatic amines is 1. The van der Waals surface area contributed by atoms with E-state index in [1.807, 2.05) is 6.92 Å². The van der Waals surface area contributed by atoms with Gasteiger partial charge >= 0.3 is 5.97 Å². The Morgan fingerprint density at radius 3 is 3.04 bits per heavy atom. The Bertz CT molecular complexity index is 1070. The van der Waals surface area contributed by atoms with Gasteiger partial charge in [0.25, 0.3) is 5.56 Å². The van der Waals surface area contributed by atoms with E-state index in [1.165, 1.54) is 4.88 Å². The van der Waals surface area contributed by atoms with Crippen LogP contribution in [0.25, 0.3) is 10.2 Å². The third-order valence-corrected chi connectivity index (χ3v) is 6.83. The molecular weight excluding hydrogens is 384 g/mol. The van der Waals surface area contributed by atoms with Crippen molar-refractivity contribution in [3.63, 3.8) is 0 Å². The summed E-state index contributed by atoms with van der Waals surface area (Å²) in [4.78, 5) is 34.9. The molecule has 0 bridgehead atoms. The zero-order valence-electron chi connectivity index (χ0n) is 15.4. The molecule has 1 aliphatic rings. The Hall–Kier alpha value is -2.13. The highest BCUT2D eigenvalue weighted by molar-refractivity contribution is 7.18. The SMILES string of the molecule is CCc1nnsc1C(=O)O[C@@H](C)c1nc2sc3c(c2c(=O)[nH]1)CC[C@@H](C)C3. The average molecular weight is 405 g/mol. The minimum absolute atomic E-state index is 0.154. The number of carbonyl (C=O) groups excluding carboxylic acids is 1. The van der Waals surface area contributed by atoms with Crippen molar-refractivity contribution in [2.45, 2.75) is 52.6 Å². The Kier molecular flexibility index (Phi) is 4.81. The fourth-order valence-electron chi connectivity index (χ4n) is 3.42. The minimum Gasteiger partial charge on any atom is -0.450 e. The zero-order valence-corrected chi connectivity index (χ0v) is 17.0. The van der Waals surface area contributed by atoms with Gasteiger partial charge in [-0.2, -0.15) is 0 Å². The highest BCUT2D eigenvalue weighted by Gasteiger charge is 2.25. The number of ether oxygens (including phenoxy) is 1. The van der Waals surface area contributed by atoms with Gasteiger partial charge in [0.2, 0.25) is 0 Å². The predicted molar refractivity (Wildman–Crippen MR) is 105 cm³/mol. The van der Waals surface area contributed by atoms with Crippen LogP contribution in [0.3, 0.4) is 0 Å². The van der Waals surface area contributed by atoms with E-state index in [0.717, 1.165) is 41.2 Å². The Morgan fingerprint density at radius 2 is 2.26 bits per heavy atom. The number of aryl methyl sites for hydroxylation is 2. The molecule has 0 spiro atoms. The number of fused-ring (bicyclic) bond motifs is 3. The van der Waals surface area contributed by atoms with E-state index < -0.39 is 12.1 Å². The van der Waals surface area contributed by atoms with Gasteiger partial charge in [-0.1, -0.05) is 18.3 Å². The van der Waals surface area contributed by atoms with Gasteiger partial charge in [0.05, 0.1) is 11.1 Å². The summed E-state index contributed by atoms with van der Waals surface area (Å²) >= 11 is 2.60. The molecule has 0 aromatic carbocycles. The molecule has 0 amide bonds. The normalized spacial score (nSPS) is 17.7. The number of rotatable bonds is 4. The van der Waals surface area contributed by atoms with Crippen LogP contribution < -0.4 is 5.56 Å². The van der Waals surface area contributed by atoms with E-state index in [2.05, 4.69) is 26.5 Å². The summed E-state index contributed by atoms with van der Waals surface area (Å²) in [6.45, 7) is 5.85. The van der Waals surface area contributed by atoms with Crippen molar-refractivity contribution in [1.82, 2.24) is 19.6 Å². The summed E-state index contributed by atoms with van der Waals surface area (Å²) in [5.74, 6) is 0.504. The van der Waals surface area contributed by atoms with Gasteiger partial charge in [0.1, 0.15) is 4.83 Å². The third kappa shape index (κ3) is 3.29. The lowest BCUT2D eigenvalue weighted by atomic mass is 9.89. The van der Waals surface area contributed by atoms with Gasteiger partial charge in [0, 0.05) is 4.88 Å². The summed E-state index contributed by atoms with van der Waals surface area (Å²) < 4.78 is 9.32. The van der Waals surface area contributed by atoms with Crippen molar-refractivity contribution in [2.24, 2.45) is 5.92 Å². The number of H-pyrrole nitrogens is 1. The van der Waals surface area contributed by atoms with Gasteiger partial charge in [-0.05, 0) is 55.6 Å². The molecule has 142 valence electrons. The first kappa shape index (κ1) is 18.2. The van der Waals surface area contributed by atoms with Gasteiger partial charge < -0.3 is 9.72 Å². The fourth-order valence-corrected chi connectivity index (χ4v) is 5.45. The first-order valence-electron chi connectivity index (χ1n) is 9.04. The molecule has 3 aromatic rings. The van der Waals surface area contributed by atoms with Gasteiger partial charge in [0.15, 0.2) is 16.8 Å². The molecule has 4 rings (SSSR count). The van der Waals surface area contributed by atoms with Crippen molar-refractivity contribution in [3.8, 4) is 0 Å². The highest BCUT2D eigenvalue weighted by Crippen LogP contribution is 2.36. The van der Waals surface area contributed by atoms with Crippen molar-refractivity contribution >= 4 is 39.1 Å². The Morgan fingerprint density at radius 1 is 1.44 bits per heavy atom. The molecule has 27 heavy (non-hydrogen) atoms. The van der Waals surface area contributed by atoms with Crippen LogP contribution in [0.5, 0.6) is 0 Å². The lowest BCUT2D eigenvalue weighted by Crippen LogP contribution is -2.18. The standard InChI is InChI=1S/C18H20N4O3S2/c1-4-11-14(27-22-21-11)18(24)25-9(3)15-19-16(23)13-10-6-5-8(2)7-12(10)26-17(13)20-15/h8-9H,4-7H2,1-3H3,(H,19,20,23)/t8-,9+/m1/s1. The summed E-state index contributed by atoms with van der Waals surface area (Å²) in [6.07, 6.45) is 2.95. The number of nitrogens with zero attached hydrogens (tertiary/aromatic N) is 3. The maximum atomic E-state index is 12.7. The predicted octanol–water partition coefficient (Wildman–Crippen LogP) is 3.44. The van der Waals surface area contributed by atoms with Crippen LogP contribution in [0.4, 0.5) is 0 Å². The summed E-state index contributed by atoms with van der Waals surface area (Å²) in [5.41, 5.74) is 1.61. The molecule has 0 fully saturated rings. The van der Waals surface area contributed by atoms with Crippen molar-refractivity contribution in [1.29, 1.82) is 0 Å². The first-order chi connectivity index (χ1) is 13.0. The van der Waals surface area contributed by atoms with Crippen molar-refractivity contribution in [2.75, 3.05) is 0 Å². The van der Waals surface area contributed by atoms with Crippen LogP contribution in [0.2, 0.25) is 0 Å². The summed E-state index contributed by atoms with van der Waals surface area (Å²) in [5, 5.41) is 4.63. The second-order valence-corrected chi connectivity index (χ2v) is 8.77. The van der Waals surface area contributed by atoms with Crippen molar-refractivity contribution in [3.05, 3.63) is 37.2 Å². The van der Waals surface area contributed by atoms with Crippen LogP contribution >= 0.6 is 22.9 Å². The number of esters is 1. The quantitative estimate of drug-likeness (QED) is 0.669. The number of carbonyl (C=O) groups is 1. The highest BCUT2D eigenvalue weighted by atomic mass is 32.1. The topological polar surface area (TPSA) is 97.8 Å². The second-order valence-electron chi connectivity index (χ2n) is 6.93. The van der Waals surface area contributed by atoms with Gasteiger partial charge in [-0.15, -0.1) is 16.4 Å². The maximum absolute atomic E-state index is 12.7. The molecular formula is C18H20N4O3S2. The van der Waals surface area contributed by atoms with E-state index in [-0.39, 0.29) is 5.56 Å². The molecule has 3 aromatic heterocycles. The molecule has 2 atom stereocenters. The van der Waals surface area contributed by atoms with Gasteiger partial charge in [-0.3, -0.25) is 4.79 Å². The van der Waals surface area contributed by atoms with Gasteiger partial charge in [-0.25, -0.2) is 9.78 Å². The number of nitrogens with one attached hydrogen (secondary N) is 1. The van der Waals surface area contributed by atoms with Crippen LogP contribution in [0.1, 0.15) is 64.9 Å². The molecule has 3 heterocycles. The largest absolute Gasteiger partial charge is 0.450 e. The molecule has 0 aliphatic heterocycles. The van der Waals surface area contributed by atoms with Crippen LogP contribution in [0.15, 0.2) is 4.79 Å². The van der Waals surface area contributed by atoms with E-state index in [1.54, 1.807) is 18.3 Å². The van der Waals surface area contributed by atoms with E-state index >= 15 is 0 Å². The maximum Gasteiger partial charge on any atom is 0.352 e. The Labute approximate surface area is 164 Å². The molecule has 0 unspecified atom stereocenters. The van der Waals surface area contributed by atoms with Crippen LogP contribution in [0, 0.1) is 5.92 Å². The minimum atomic E-state index is -0.667. The number of hydrogen-bond donors (Lipinski definition) is 1. The van der Waals surface area contributed by atoms with E-state index in [4.69, 9.17) is 4.74 Å². The van der Waals surface area contributed by atoms with Crippen LogP contribution in [-0.4, -0.2) is 25.5 Å². The number of thiophene rings is 1. The average Bonchev–Trinajstić information content (AvgIpc) is 3.24. The van der Waals surface area contributed by atoms with Crippen molar-refractivity contribution < 1.29 is 9.53 Å². The lowest BCUT2D eigenvalue weighted by molar-refractivity contribution is 0.0324. The summed E-state index contributed by atoms with van der Waals surface area (Å²) in [7, 11) is 0. The molecule has 7 nitrogen and oxygen atoms in total. The summed E-state index contributed by atoms with van der Waals surface area (Å²) in [6, 6.07) is 0. The molecule has 9 heteroatoms. The van der Waals surface area contributed by atoms with E-state index in [9.17, 15) is 9.59 Å². The molecule has 0 radical (unpaired) electrons. The second kappa shape index (κ2) is 7.12. The third-order valence-electron chi connectivity index (χ3n) is 4.93. The number of aromatic nitrogens is 4. The van der Waals surface area contributed by atoms with Crippen LogP contribution in [-0.2, 0) is 24.0 Å². The lowest BCUT2D eigenvalue weighted by Gasteiger charge is -2.17. The number of hydrogen-bond acceptors (Lipinski definition) is 8. The molecule has 0 saturated carbocycles. The smallest absolute Gasteiger partial charge is 0.352 e. The molecule has 1 aliphatic carbocycles. The monoisotopic (exact) mass is 404 g/mol. The molecule has 1 N–H and O–H groups in total. The zero-order chi connectivity index (χ0) is 19.1. The Balaban J connectivity index is 1.64.